The third-order valence-corrected chi connectivity index (χ3v) is 3.49. The molecule has 18 heavy (non-hydrogen) atoms. The molecule has 0 aromatic rings. The van der Waals surface area contributed by atoms with Gasteiger partial charge >= 0.3 is 5.97 Å². The Morgan fingerprint density at radius 2 is 2.06 bits per heavy atom. The highest BCUT2D eigenvalue weighted by molar-refractivity contribution is 5.82. The fraction of sp³-hybridized carbons (Fsp3) is 0.846. The molecule has 0 spiro atoms. The van der Waals surface area contributed by atoms with Crippen LogP contribution in [0, 0.1) is 11.8 Å². The van der Waals surface area contributed by atoms with E-state index in [4.69, 9.17) is 5.11 Å². The molecule has 0 bridgehead atoms. The molecule has 0 aliphatic carbocycles. The maximum absolute atomic E-state index is 11.9. The second-order valence-electron chi connectivity index (χ2n) is 5.29. The Morgan fingerprint density at radius 1 is 1.33 bits per heavy atom. The van der Waals surface area contributed by atoms with Gasteiger partial charge in [0.05, 0.1) is 12.0 Å². The number of aliphatic carboxylic acids is 1. The molecule has 1 saturated heterocycles. The van der Waals surface area contributed by atoms with Crippen molar-refractivity contribution in [2.24, 2.45) is 11.8 Å². The normalized spacial score (nSPS) is 22.3. The van der Waals surface area contributed by atoms with Crippen molar-refractivity contribution in [1.82, 2.24) is 10.6 Å². The summed E-state index contributed by atoms with van der Waals surface area (Å²) < 4.78 is 0. The summed E-state index contributed by atoms with van der Waals surface area (Å²) in [6.07, 6.45) is 4.15. The van der Waals surface area contributed by atoms with Crippen LogP contribution in [0.2, 0.25) is 0 Å². The Balaban J connectivity index is 2.41. The van der Waals surface area contributed by atoms with Crippen LogP contribution in [0.15, 0.2) is 0 Å². The number of nitrogens with one attached hydrogen (secondary N) is 2. The Bertz CT molecular complexity index is 284. The molecule has 1 fully saturated rings. The van der Waals surface area contributed by atoms with Gasteiger partial charge in [-0.1, -0.05) is 26.7 Å². The Morgan fingerprint density at radius 3 is 2.67 bits per heavy atom. The summed E-state index contributed by atoms with van der Waals surface area (Å²) in [7, 11) is 0. The van der Waals surface area contributed by atoms with Gasteiger partial charge < -0.3 is 15.7 Å². The van der Waals surface area contributed by atoms with Gasteiger partial charge in [-0.3, -0.25) is 9.59 Å². The van der Waals surface area contributed by atoms with E-state index in [1.165, 1.54) is 0 Å². The summed E-state index contributed by atoms with van der Waals surface area (Å²) in [5.41, 5.74) is 0. The van der Waals surface area contributed by atoms with Gasteiger partial charge in [0.2, 0.25) is 5.91 Å². The van der Waals surface area contributed by atoms with E-state index >= 15 is 0 Å². The molecule has 0 aromatic carbocycles. The van der Waals surface area contributed by atoms with Crippen molar-refractivity contribution in [2.75, 3.05) is 13.1 Å². The van der Waals surface area contributed by atoms with Gasteiger partial charge in [0.25, 0.3) is 0 Å². The van der Waals surface area contributed by atoms with E-state index < -0.39 is 11.9 Å². The highest BCUT2D eigenvalue weighted by Crippen LogP contribution is 2.11. The minimum absolute atomic E-state index is 0.0184. The first-order chi connectivity index (χ1) is 8.52. The number of amides is 1. The maximum Gasteiger partial charge on any atom is 0.308 e. The van der Waals surface area contributed by atoms with E-state index in [9.17, 15) is 9.59 Å². The molecular formula is C13H24N2O3. The van der Waals surface area contributed by atoms with Gasteiger partial charge in [-0.2, -0.15) is 0 Å². The predicted molar refractivity (Wildman–Crippen MR) is 69.2 cm³/mol. The molecule has 0 saturated carbocycles. The lowest BCUT2D eigenvalue weighted by molar-refractivity contribution is -0.143. The summed E-state index contributed by atoms with van der Waals surface area (Å²) in [6.45, 7) is 4.79. The van der Waals surface area contributed by atoms with Crippen LogP contribution in [0.1, 0.15) is 39.5 Å². The van der Waals surface area contributed by atoms with Gasteiger partial charge in [-0.25, -0.2) is 0 Å². The van der Waals surface area contributed by atoms with E-state index in [1.54, 1.807) is 0 Å². The first-order valence-corrected chi connectivity index (χ1v) is 6.76. The smallest absolute Gasteiger partial charge is 0.308 e. The molecule has 1 heterocycles. The topological polar surface area (TPSA) is 78.4 Å². The Hall–Kier alpha value is -1.10. The van der Waals surface area contributed by atoms with E-state index in [-0.39, 0.29) is 24.4 Å². The van der Waals surface area contributed by atoms with Crippen molar-refractivity contribution >= 4 is 11.9 Å². The van der Waals surface area contributed by atoms with Gasteiger partial charge in [0, 0.05) is 6.54 Å². The van der Waals surface area contributed by atoms with E-state index in [0.717, 1.165) is 32.2 Å². The lowest BCUT2D eigenvalue weighted by Gasteiger charge is -2.20. The number of carboxylic acids is 1. The molecule has 5 heteroatoms. The van der Waals surface area contributed by atoms with Crippen molar-refractivity contribution in [3.05, 3.63) is 0 Å². The zero-order valence-corrected chi connectivity index (χ0v) is 11.2. The monoisotopic (exact) mass is 256 g/mol. The van der Waals surface area contributed by atoms with Crippen molar-refractivity contribution in [1.29, 1.82) is 0 Å². The van der Waals surface area contributed by atoms with Crippen LogP contribution >= 0.6 is 0 Å². The number of carbonyl (C=O) groups is 2. The fourth-order valence-corrected chi connectivity index (χ4v) is 2.19. The van der Waals surface area contributed by atoms with Gasteiger partial charge in [-0.15, -0.1) is 0 Å². The summed E-state index contributed by atoms with van der Waals surface area (Å²) in [5.74, 6) is -1.41. The number of hydrogen-bond acceptors (Lipinski definition) is 3. The van der Waals surface area contributed by atoms with E-state index in [1.807, 2.05) is 13.8 Å². The van der Waals surface area contributed by atoms with Crippen LogP contribution in [-0.4, -0.2) is 36.1 Å². The van der Waals surface area contributed by atoms with Gasteiger partial charge in [0.1, 0.15) is 0 Å². The lowest BCUT2D eigenvalue weighted by Crippen LogP contribution is -2.46. The second kappa shape index (κ2) is 7.36. The second-order valence-corrected chi connectivity index (χ2v) is 5.29. The van der Waals surface area contributed by atoms with Crippen LogP contribution in [0.3, 0.4) is 0 Å². The van der Waals surface area contributed by atoms with Crippen molar-refractivity contribution in [3.63, 3.8) is 0 Å². The van der Waals surface area contributed by atoms with Crippen molar-refractivity contribution in [3.8, 4) is 0 Å². The largest absolute Gasteiger partial charge is 0.481 e. The maximum atomic E-state index is 11.9. The average molecular weight is 256 g/mol. The molecule has 1 aliphatic rings. The summed E-state index contributed by atoms with van der Waals surface area (Å²) in [6, 6.07) is -0.158. The number of hydrogen-bond donors (Lipinski definition) is 3. The zero-order valence-electron chi connectivity index (χ0n) is 11.2. The SMILES string of the molecule is CC(C)C(CNC(=O)C1CCCCCN1)C(=O)O. The van der Waals surface area contributed by atoms with E-state index in [2.05, 4.69) is 10.6 Å². The summed E-state index contributed by atoms with van der Waals surface area (Å²) in [4.78, 5) is 23.0. The molecule has 1 rings (SSSR count). The summed E-state index contributed by atoms with van der Waals surface area (Å²) in [5, 5.41) is 15.0. The highest BCUT2D eigenvalue weighted by atomic mass is 16.4. The number of carboxylic acid groups (broad SMARTS) is 1. The van der Waals surface area contributed by atoms with Gasteiger partial charge in [0.15, 0.2) is 0 Å². The fourth-order valence-electron chi connectivity index (χ4n) is 2.19. The van der Waals surface area contributed by atoms with Crippen LogP contribution in [0.5, 0.6) is 0 Å². The molecule has 1 amide bonds. The molecule has 0 radical (unpaired) electrons. The standard InChI is InChI=1S/C13H24N2O3/c1-9(2)10(13(17)18)8-15-12(16)11-6-4-3-5-7-14-11/h9-11,14H,3-8H2,1-2H3,(H,15,16)(H,17,18). The van der Waals surface area contributed by atoms with Crippen molar-refractivity contribution < 1.29 is 14.7 Å². The molecule has 0 aromatic heterocycles. The summed E-state index contributed by atoms with van der Waals surface area (Å²) >= 11 is 0. The van der Waals surface area contributed by atoms with Crippen LogP contribution < -0.4 is 10.6 Å². The molecule has 2 atom stereocenters. The lowest BCUT2D eigenvalue weighted by atomic mass is 9.96. The highest BCUT2D eigenvalue weighted by Gasteiger charge is 2.24. The first-order valence-electron chi connectivity index (χ1n) is 6.76. The quantitative estimate of drug-likeness (QED) is 0.685. The Kier molecular flexibility index (Phi) is 6.12. The molecule has 2 unspecified atom stereocenters. The Labute approximate surface area is 108 Å². The predicted octanol–water partition coefficient (Wildman–Crippen LogP) is 0.992. The molecule has 5 nitrogen and oxygen atoms in total. The number of carbonyl (C=O) groups excluding carboxylic acids is 1. The number of rotatable bonds is 5. The molecule has 1 aliphatic heterocycles. The van der Waals surface area contributed by atoms with E-state index in [0.29, 0.717) is 0 Å². The van der Waals surface area contributed by atoms with Crippen molar-refractivity contribution in [2.45, 2.75) is 45.6 Å². The first kappa shape index (κ1) is 15.0. The van der Waals surface area contributed by atoms with Crippen LogP contribution in [0.25, 0.3) is 0 Å². The minimum Gasteiger partial charge on any atom is -0.481 e. The minimum atomic E-state index is -0.848. The zero-order chi connectivity index (χ0) is 13.5. The average Bonchev–Trinajstić information content (AvgIpc) is 2.56. The van der Waals surface area contributed by atoms with Crippen LogP contribution in [0.4, 0.5) is 0 Å². The third-order valence-electron chi connectivity index (χ3n) is 3.49. The third kappa shape index (κ3) is 4.64. The van der Waals surface area contributed by atoms with Crippen LogP contribution in [-0.2, 0) is 9.59 Å². The molecule has 104 valence electrons. The van der Waals surface area contributed by atoms with Gasteiger partial charge in [-0.05, 0) is 25.3 Å². The molecular weight excluding hydrogens is 232 g/mol. The molecule has 3 N–H and O–H groups in total.